The molecular weight excluding hydrogens is 194 g/mol. The second kappa shape index (κ2) is 7.49. The Hall–Kier alpha value is -0.910. The molecule has 14 heavy (non-hydrogen) atoms. The van der Waals surface area contributed by atoms with Gasteiger partial charge in [-0.3, -0.25) is 0 Å². The van der Waals surface area contributed by atoms with Crippen molar-refractivity contribution in [3.05, 3.63) is 0 Å². The molecule has 0 radical (unpaired) electrons. The molecule has 0 aliphatic heterocycles. The zero-order chi connectivity index (χ0) is 11.0. The van der Waals surface area contributed by atoms with E-state index in [4.69, 9.17) is 0 Å². The van der Waals surface area contributed by atoms with Gasteiger partial charge in [-0.05, 0) is 13.8 Å². The number of nitrogens with one attached hydrogen (secondary N) is 2. The van der Waals surface area contributed by atoms with Gasteiger partial charge in [0.25, 0.3) is 6.43 Å². The van der Waals surface area contributed by atoms with Crippen molar-refractivity contribution in [2.24, 2.45) is 0 Å². The molecule has 0 fully saturated rings. The quantitative estimate of drug-likeness (QED) is 0.642. The van der Waals surface area contributed by atoms with Crippen molar-refractivity contribution in [1.29, 1.82) is 0 Å². The molecule has 0 aromatic carbocycles. The summed E-state index contributed by atoms with van der Waals surface area (Å²) in [5.74, 6) is 0. The van der Waals surface area contributed by atoms with Crippen LogP contribution in [0.25, 0.3) is 0 Å². The number of hydrogen-bond donors (Lipinski definition) is 2. The Kier molecular flexibility index (Phi) is 7.00. The first-order chi connectivity index (χ1) is 6.52. The van der Waals surface area contributed by atoms with Gasteiger partial charge in [0.2, 0.25) is 0 Å². The first kappa shape index (κ1) is 13.1. The largest absolute Gasteiger partial charge is 0.374 e. The molecule has 0 spiro atoms. The molecule has 84 valence electrons. The van der Waals surface area contributed by atoms with Crippen molar-refractivity contribution in [3.8, 4) is 0 Å². The third-order valence-corrected chi connectivity index (χ3v) is 1.20. The third-order valence-electron chi connectivity index (χ3n) is 1.20. The molecule has 0 aromatic heterocycles. The molecule has 2 amide bonds. The average Bonchev–Trinajstić information content (AvgIpc) is 2.01. The summed E-state index contributed by atoms with van der Waals surface area (Å²) in [5.41, 5.74) is 0. The van der Waals surface area contributed by atoms with Gasteiger partial charge < -0.3 is 15.4 Å². The molecule has 0 aliphatic carbocycles. The summed E-state index contributed by atoms with van der Waals surface area (Å²) in [7, 11) is 0. The van der Waals surface area contributed by atoms with Gasteiger partial charge in [0.1, 0.15) is 6.61 Å². The number of alkyl halides is 2. The molecule has 4 nitrogen and oxygen atoms in total. The molecule has 0 aromatic rings. The summed E-state index contributed by atoms with van der Waals surface area (Å²) in [5, 5.41) is 5.06. The van der Waals surface area contributed by atoms with E-state index in [0.717, 1.165) is 0 Å². The summed E-state index contributed by atoms with van der Waals surface area (Å²) < 4.78 is 27.7. The van der Waals surface area contributed by atoms with Crippen LogP contribution in [-0.2, 0) is 4.74 Å². The molecule has 0 bridgehead atoms. The van der Waals surface area contributed by atoms with Crippen molar-refractivity contribution in [1.82, 2.24) is 10.6 Å². The standard InChI is InChI=1S/C8H16F2N2O2/c1-6(2)12-8(13)11-3-4-14-5-7(9)10/h6-7H,3-5H2,1-2H3,(H2,11,12,13). The molecule has 0 saturated heterocycles. The van der Waals surface area contributed by atoms with Crippen LogP contribution in [0.3, 0.4) is 0 Å². The number of halogens is 2. The molecule has 0 saturated carbocycles. The van der Waals surface area contributed by atoms with Gasteiger partial charge in [-0.2, -0.15) is 0 Å². The summed E-state index contributed by atoms with van der Waals surface area (Å²) in [6, 6.07) is -0.266. The van der Waals surface area contributed by atoms with Gasteiger partial charge in [0.05, 0.1) is 6.61 Å². The normalized spacial score (nSPS) is 10.7. The van der Waals surface area contributed by atoms with Gasteiger partial charge in [-0.15, -0.1) is 0 Å². The lowest BCUT2D eigenvalue weighted by Gasteiger charge is -2.09. The highest BCUT2D eigenvalue weighted by Crippen LogP contribution is 1.91. The summed E-state index contributed by atoms with van der Waals surface area (Å²) in [6.45, 7) is 3.38. The lowest BCUT2D eigenvalue weighted by molar-refractivity contribution is 0.0193. The van der Waals surface area contributed by atoms with Crippen LogP contribution in [0, 0.1) is 0 Å². The van der Waals surface area contributed by atoms with Crippen LogP contribution in [0.5, 0.6) is 0 Å². The van der Waals surface area contributed by atoms with Gasteiger partial charge in [0.15, 0.2) is 0 Å². The van der Waals surface area contributed by atoms with Crippen LogP contribution in [-0.4, -0.2) is 38.3 Å². The molecule has 0 rings (SSSR count). The first-order valence-electron chi connectivity index (χ1n) is 4.42. The van der Waals surface area contributed by atoms with Gasteiger partial charge in [-0.1, -0.05) is 0 Å². The second-order valence-electron chi connectivity index (χ2n) is 3.02. The molecule has 0 heterocycles. The minimum Gasteiger partial charge on any atom is -0.374 e. The first-order valence-corrected chi connectivity index (χ1v) is 4.42. The zero-order valence-corrected chi connectivity index (χ0v) is 8.35. The monoisotopic (exact) mass is 210 g/mol. The predicted octanol–water partition coefficient (Wildman–Crippen LogP) is 0.976. The van der Waals surface area contributed by atoms with Gasteiger partial charge >= 0.3 is 6.03 Å². The van der Waals surface area contributed by atoms with E-state index in [-0.39, 0.29) is 25.2 Å². The van der Waals surface area contributed by atoms with E-state index in [2.05, 4.69) is 15.4 Å². The number of rotatable bonds is 6. The predicted molar refractivity (Wildman–Crippen MR) is 48.5 cm³/mol. The summed E-state index contributed by atoms with van der Waals surface area (Å²) in [6.07, 6.45) is -2.46. The zero-order valence-electron chi connectivity index (χ0n) is 8.35. The molecule has 0 atom stereocenters. The Bertz CT molecular complexity index is 165. The SMILES string of the molecule is CC(C)NC(=O)NCCOCC(F)F. The lowest BCUT2D eigenvalue weighted by Crippen LogP contribution is -2.40. The van der Waals surface area contributed by atoms with E-state index >= 15 is 0 Å². The molecule has 0 aliphatic rings. The van der Waals surface area contributed by atoms with Crippen LogP contribution < -0.4 is 10.6 Å². The number of urea groups is 1. The van der Waals surface area contributed by atoms with Crippen LogP contribution >= 0.6 is 0 Å². The van der Waals surface area contributed by atoms with Gasteiger partial charge in [0, 0.05) is 12.6 Å². The van der Waals surface area contributed by atoms with E-state index in [1.54, 1.807) is 0 Å². The maximum atomic E-state index is 11.6. The van der Waals surface area contributed by atoms with Crippen molar-refractivity contribution >= 4 is 6.03 Å². The van der Waals surface area contributed by atoms with Crippen molar-refractivity contribution < 1.29 is 18.3 Å². The number of carbonyl (C=O) groups excluding carboxylic acids is 1. The molecule has 0 unspecified atom stereocenters. The summed E-state index contributed by atoms with van der Waals surface area (Å²) in [4.78, 5) is 10.9. The van der Waals surface area contributed by atoms with E-state index in [9.17, 15) is 13.6 Å². The fourth-order valence-electron chi connectivity index (χ4n) is 0.722. The van der Waals surface area contributed by atoms with Crippen molar-refractivity contribution in [3.63, 3.8) is 0 Å². The Morgan fingerprint density at radius 3 is 2.57 bits per heavy atom. The molecule has 2 N–H and O–H groups in total. The maximum Gasteiger partial charge on any atom is 0.315 e. The van der Waals surface area contributed by atoms with E-state index < -0.39 is 13.0 Å². The van der Waals surface area contributed by atoms with E-state index in [1.165, 1.54) is 0 Å². The lowest BCUT2D eigenvalue weighted by atomic mass is 10.4. The van der Waals surface area contributed by atoms with E-state index in [0.29, 0.717) is 0 Å². The fourth-order valence-corrected chi connectivity index (χ4v) is 0.722. The maximum absolute atomic E-state index is 11.6. The van der Waals surface area contributed by atoms with Crippen LogP contribution in [0.15, 0.2) is 0 Å². The Morgan fingerprint density at radius 2 is 2.07 bits per heavy atom. The van der Waals surface area contributed by atoms with Crippen molar-refractivity contribution in [2.45, 2.75) is 26.3 Å². The minimum atomic E-state index is -2.46. The highest BCUT2D eigenvalue weighted by atomic mass is 19.3. The Balaban J connectivity index is 3.23. The fraction of sp³-hybridized carbons (Fsp3) is 0.875. The van der Waals surface area contributed by atoms with Crippen molar-refractivity contribution in [2.75, 3.05) is 19.8 Å². The minimum absolute atomic E-state index is 0.0528. The Labute approximate surface area is 82.0 Å². The van der Waals surface area contributed by atoms with Crippen LogP contribution in [0.4, 0.5) is 13.6 Å². The summed E-state index contributed by atoms with van der Waals surface area (Å²) >= 11 is 0. The number of amides is 2. The topological polar surface area (TPSA) is 50.4 Å². The number of carbonyl (C=O) groups is 1. The highest BCUT2D eigenvalue weighted by molar-refractivity contribution is 5.73. The molecular formula is C8H16F2N2O2. The third kappa shape index (κ3) is 9.18. The second-order valence-corrected chi connectivity index (χ2v) is 3.02. The van der Waals surface area contributed by atoms with E-state index in [1.807, 2.05) is 13.8 Å². The number of hydrogen-bond acceptors (Lipinski definition) is 2. The smallest absolute Gasteiger partial charge is 0.315 e. The Morgan fingerprint density at radius 1 is 1.43 bits per heavy atom. The van der Waals surface area contributed by atoms with Crippen LogP contribution in [0.1, 0.15) is 13.8 Å². The number of ether oxygens (including phenoxy) is 1. The average molecular weight is 210 g/mol. The van der Waals surface area contributed by atoms with Crippen LogP contribution in [0.2, 0.25) is 0 Å². The molecule has 6 heteroatoms. The highest BCUT2D eigenvalue weighted by Gasteiger charge is 2.03. The van der Waals surface area contributed by atoms with Gasteiger partial charge in [-0.25, -0.2) is 13.6 Å².